The summed E-state index contributed by atoms with van der Waals surface area (Å²) in [5, 5.41) is 9.21. The SMILES string of the molecule is Cc1nsc(-c2nnc3n2CCN(C(=O)C#Cc2ccc(F)cc2)C3C)n1. The van der Waals surface area contributed by atoms with Crippen LogP contribution in [-0.4, -0.2) is 41.5 Å². The molecule has 4 rings (SSSR count). The van der Waals surface area contributed by atoms with E-state index in [9.17, 15) is 9.18 Å². The highest BCUT2D eigenvalue weighted by Crippen LogP contribution is 2.28. The van der Waals surface area contributed by atoms with E-state index in [0.717, 1.165) is 0 Å². The van der Waals surface area contributed by atoms with Gasteiger partial charge in [-0.25, -0.2) is 9.37 Å². The van der Waals surface area contributed by atoms with Gasteiger partial charge < -0.3 is 9.47 Å². The van der Waals surface area contributed by atoms with Crippen molar-refractivity contribution in [2.75, 3.05) is 6.54 Å². The van der Waals surface area contributed by atoms with E-state index in [1.807, 2.05) is 18.4 Å². The van der Waals surface area contributed by atoms with Crippen molar-refractivity contribution in [2.45, 2.75) is 26.4 Å². The zero-order valence-electron chi connectivity index (χ0n) is 14.7. The van der Waals surface area contributed by atoms with Crippen LogP contribution in [0.3, 0.4) is 0 Å². The van der Waals surface area contributed by atoms with Crippen LogP contribution in [0.5, 0.6) is 0 Å². The Morgan fingerprint density at radius 3 is 2.74 bits per heavy atom. The van der Waals surface area contributed by atoms with Crippen molar-refractivity contribution in [3.8, 4) is 22.7 Å². The first-order valence-corrected chi connectivity index (χ1v) is 9.12. The monoisotopic (exact) mass is 382 g/mol. The van der Waals surface area contributed by atoms with Gasteiger partial charge in [0.05, 0.1) is 6.04 Å². The largest absolute Gasteiger partial charge is 0.320 e. The van der Waals surface area contributed by atoms with E-state index in [-0.39, 0.29) is 17.8 Å². The number of fused-ring (bicyclic) bond motifs is 1. The van der Waals surface area contributed by atoms with Gasteiger partial charge in [-0.1, -0.05) is 5.92 Å². The van der Waals surface area contributed by atoms with E-state index >= 15 is 0 Å². The molecule has 2 aromatic heterocycles. The number of halogens is 1. The minimum Gasteiger partial charge on any atom is -0.320 e. The maximum absolute atomic E-state index is 12.9. The number of rotatable bonds is 1. The van der Waals surface area contributed by atoms with Gasteiger partial charge >= 0.3 is 0 Å². The highest BCUT2D eigenvalue weighted by Gasteiger charge is 2.31. The molecule has 1 aliphatic rings. The van der Waals surface area contributed by atoms with Crippen molar-refractivity contribution in [3.05, 3.63) is 47.3 Å². The van der Waals surface area contributed by atoms with E-state index in [4.69, 9.17) is 0 Å². The second kappa shape index (κ2) is 6.89. The molecule has 27 heavy (non-hydrogen) atoms. The summed E-state index contributed by atoms with van der Waals surface area (Å²) in [5.41, 5.74) is 0.589. The van der Waals surface area contributed by atoms with Gasteiger partial charge in [-0.15, -0.1) is 10.2 Å². The number of amides is 1. The van der Waals surface area contributed by atoms with Crippen LogP contribution in [-0.2, 0) is 11.3 Å². The maximum Gasteiger partial charge on any atom is 0.299 e. The summed E-state index contributed by atoms with van der Waals surface area (Å²) in [7, 11) is 0. The first-order valence-electron chi connectivity index (χ1n) is 8.35. The normalized spacial score (nSPS) is 15.8. The molecule has 136 valence electrons. The minimum atomic E-state index is -0.336. The molecule has 9 heteroatoms. The fraction of sp³-hybridized carbons (Fsp3) is 0.278. The molecule has 0 bridgehead atoms. The number of aromatic nitrogens is 5. The third-order valence-corrected chi connectivity index (χ3v) is 5.13. The van der Waals surface area contributed by atoms with Gasteiger partial charge in [-0.05, 0) is 49.6 Å². The van der Waals surface area contributed by atoms with E-state index in [1.165, 1.54) is 23.7 Å². The molecule has 3 heterocycles. The average Bonchev–Trinajstić information content (AvgIpc) is 3.27. The fourth-order valence-corrected chi connectivity index (χ4v) is 3.60. The summed E-state index contributed by atoms with van der Waals surface area (Å²) >= 11 is 1.28. The van der Waals surface area contributed by atoms with Crippen molar-refractivity contribution >= 4 is 17.4 Å². The fourth-order valence-electron chi connectivity index (χ4n) is 2.94. The first-order chi connectivity index (χ1) is 13.0. The summed E-state index contributed by atoms with van der Waals surface area (Å²) in [5.74, 6) is 6.84. The Morgan fingerprint density at radius 1 is 1.26 bits per heavy atom. The zero-order valence-corrected chi connectivity index (χ0v) is 15.5. The number of nitrogens with zero attached hydrogens (tertiary/aromatic N) is 6. The minimum absolute atomic E-state index is 0.260. The summed E-state index contributed by atoms with van der Waals surface area (Å²) in [6.45, 7) is 4.78. The summed E-state index contributed by atoms with van der Waals surface area (Å²) in [4.78, 5) is 18.6. The van der Waals surface area contributed by atoms with Crippen molar-refractivity contribution in [2.24, 2.45) is 0 Å². The van der Waals surface area contributed by atoms with Crippen LogP contribution in [0.4, 0.5) is 4.39 Å². The van der Waals surface area contributed by atoms with Crippen LogP contribution in [0.15, 0.2) is 24.3 Å². The van der Waals surface area contributed by atoms with Crippen molar-refractivity contribution in [1.82, 2.24) is 29.0 Å². The van der Waals surface area contributed by atoms with Crippen LogP contribution >= 0.6 is 11.5 Å². The van der Waals surface area contributed by atoms with Crippen LogP contribution in [0.1, 0.15) is 30.2 Å². The number of hydrogen-bond donors (Lipinski definition) is 0. The van der Waals surface area contributed by atoms with E-state index in [0.29, 0.717) is 41.1 Å². The molecule has 1 aromatic carbocycles. The van der Waals surface area contributed by atoms with E-state index < -0.39 is 0 Å². The predicted octanol–water partition coefficient (Wildman–Crippen LogP) is 2.20. The molecule has 1 aliphatic heterocycles. The lowest BCUT2D eigenvalue weighted by Gasteiger charge is -2.32. The Kier molecular flexibility index (Phi) is 4.41. The summed E-state index contributed by atoms with van der Waals surface area (Å²) in [6.07, 6.45) is 0. The van der Waals surface area contributed by atoms with Crippen molar-refractivity contribution in [1.29, 1.82) is 0 Å². The predicted molar refractivity (Wildman–Crippen MR) is 97.1 cm³/mol. The van der Waals surface area contributed by atoms with Gasteiger partial charge in [0.25, 0.3) is 5.91 Å². The lowest BCUT2D eigenvalue weighted by Crippen LogP contribution is -2.40. The lowest BCUT2D eigenvalue weighted by atomic mass is 10.2. The van der Waals surface area contributed by atoms with Crippen LogP contribution < -0.4 is 0 Å². The highest BCUT2D eigenvalue weighted by molar-refractivity contribution is 7.09. The molecule has 3 aromatic rings. The summed E-state index contributed by atoms with van der Waals surface area (Å²) < 4.78 is 19.1. The molecule has 0 radical (unpaired) electrons. The number of carbonyl (C=O) groups excluding carboxylic acids is 1. The zero-order chi connectivity index (χ0) is 19.0. The molecule has 0 saturated carbocycles. The highest BCUT2D eigenvalue weighted by atomic mass is 32.1. The van der Waals surface area contributed by atoms with Gasteiger partial charge in [-0.2, -0.15) is 4.37 Å². The van der Waals surface area contributed by atoms with Gasteiger partial charge in [-0.3, -0.25) is 4.79 Å². The van der Waals surface area contributed by atoms with Gasteiger partial charge in [0.1, 0.15) is 11.6 Å². The summed E-state index contributed by atoms with van der Waals surface area (Å²) in [6, 6.07) is 5.46. The van der Waals surface area contributed by atoms with Gasteiger partial charge in [0.2, 0.25) is 0 Å². The smallest absolute Gasteiger partial charge is 0.299 e. The topological polar surface area (TPSA) is 76.8 Å². The Labute approximate surface area is 159 Å². The quantitative estimate of drug-likeness (QED) is 0.603. The van der Waals surface area contributed by atoms with Crippen LogP contribution in [0.25, 0.3) is 10.8 Å². The molecule has 0 aliphatic carbocycles. The third kappa shape index (κ3) is 3.31. The van der Waals surface area contributed by atoms with E-state index in [1.54, 1.807) is 17.0 Å². The number of hydrogen-bond acceptors (Lipinski definition) is 6. The Hall–Kier alpha value is -3.12. The third-order valence-electron chi connectivity index (χ3n) is 4.32. The van der Waals surface area contributed by atoms with Crippen LogP contribution in [0.2, 0.25) is 0 Å². The second-order valence-electron chi connectivity index (χ2n) is 6.11. The second-order valence-corrected chi connectivity index (χ2v) is 6.86. The maximum atomic E-state index is 12.9. The number of aryl methyl sites for hydroxylation is 1. The molecular weight excluding hydrogens is 367 g/mol. The molecular formula is C18H15FN6OS. The Morgan fingerprint density at radius 2 is 2.04 bits per heavy atom. The number of benzene rings is 1. The average molecular weight is 382 g/mol. The van der Waals surface area contributed by atoms with Crippen molar-refractivity contribution < 1.29 is 9.18 Å². The Bertz CT molecular complexity index is 1060. The molecule has 0 spiro atoms. The lowest BCUT2D eigenvalue weighted by molar-refractivity contribution is -0.128. The molecule has 0 saturated heterocycles. The van der Waals surface area contributed by atoms with Gasteiger partial charge in [0, 0.05) is 24.6 Å². The molecule has 1 atom stereocenters. The standard InChI is InChI=1S/C18H15FN6OS/c1-11-16-21-22-17(18-20-12(2)23-27-18)25(16)10-9-24(11)15(26)8-5-13-3-6-14(19)7-4-13/h3-4,6-7,11H,9-10H2,1-2H3. The van der Waals surface area contributed by atoms with Gasteiger partial charge in [0.15, 0.2) is 16.7 Å². The molecule has 0 N–H and O–H groups in total. The van der Waals surface area contributed by atoms with Crippen molar-refractivity contribution in [3.63, 3.8) is 0 Å². The molecule has 0 fully saturated rings. The first kappa shape index (κ1) is 17.3. The molecule has 7 nitrogen and oxygen atoms in total. The number of carbonyl (C=O) groups is 1. The Balaban J connectivity index is 1.55. The molecule has 1 amide bonds. The van der Waals surface area contributed by atoms with Crippen LogP contribution in [0, 0.1) is 24.6 Å². The van der Waals surface area contributed by atoms with E-state index in [2.05, 4.69) is 31.4 Å². The molecule has 1 unspecified atom stereocenters.